The van der Waals surface area contributed by atoms with Gasteiger partial charge in [0.05, 0.1) is 19.2 Å². The van der Waals surface area contributed by atoms with Gasteiger partial charge in [0.2, 0.25) is 0 Å². The van der Waals surface area contributed by atoms with Crippen LogP contribution in [0, 0.1) is 6.92 Å². The second-order valence-electron chi connectivity index (χ2n) is 1.88. The third-order valence-corrected chi connectivity index (χ3v) is 1.06. The highest BCUT2D eigenvalue weighted by Crippen LogP contribution is 1.89. The molecular formula is C7H10ClO4. The summed E-state index contributed by atoms with van der Waals surface area (Å²) in [7, 11) is 0. The summed E-state index contributed by atoms with van der Waals surface area (Å²) in [6, 6.07) is 0. The van der Waals surface area contributed by atoms with Crippen molar-refractivity contribution in [3.8, 4) is 0 Å². The minimum atomic E-state index is -0.653. The lowest BCUT2D eigenvalue weighted by Gasteiger charge is -2.02. The first-order valence-corrected chi connectivity index (χ1v) is 3.90. The predicted molar refractivity (Wildman–Crippen MR) is 42.6 cm³/mol. The molecule has 4 nitrogen and oxygen atoms in total. The average Bonchev–Trinajstić information content (AvgIpc) is 2.00. The molecule has 0 fully saturated rings. The fourth-order valence-electron chi connectivity index (χ4n) is 0.473. The van der Waals surface area contributed by atoms with Gasteiger partial charge in [-0.1, -0.05) is 0 Å². The van der Waals surface area contributed by atoms with Crippen molar-refractivity contribution in [2.24, 2.45) is 0 Å². The average molecular weight is 194 g/mol. The Balaban J connectivity index is 3.25. The fourth-order valence-corrected chi connectivity index (χ4v) is 0.550. The molecular weight excluding hydrogens is 184 g/mol. The zero-order chi connectivity index (χ0) is 9.40. The highest BCUT2D eigenvalue weighted by molar-refractivity contribution is 6.18. The van der Waals surface area contributed by atoms with Gasteiger partial charge in [-0.15, -0.1) is 11.6 Å². The normalized spacial score (nSPS) is 9.17. The highest BCUT2D eigenvalue weighted by Gasteiger charge is 2.02. The Bertz CT molecular complexity index is 157. The van der Waals surface area contributed by atoms with E-state index in [2.05, 4.69) is 16.4 Å². The van der Waals surface area contributed by atoms with Crippen molar-refractivity contribution in [1.29, 1.82) is 0 Å². The molecule has 69 valence electrons. The first-order valence-electron chi connectivity index (χ1n) is 3.37. The molecule has 0 rings (SSSR count). The number of carbonyl (C=O) groups is 2. The third kappa shape index (κ3) is 7.34. The number of carbonyl (C=O) groups excluding carboxylic acids is 2. The number of ether oxygens (including phenoxy) is 2. The van der Waals surface area contributed by atoms with Crippen LogP contribution in [0.15, 0.2) is 0 Å². The molecule has 12 heavy (non-hydrogen) atoms. The Kier molecular flexibility index (Phi) is 6.47. The van der Waals surface area contributed by atoms with E-state index in [9.17, 15) is 9.59 Å². The number of hydrogen-bond donors (Lipinski definition) is 0. The van der Waals surface area contributed by atoms with E-state index in [0.29, 0.717) is 0 Å². The lowest BCUT2D eigenvalue weighted by molar-refractivity contribution is -0.146. The Morgan fingerprint density at radius 3 is 2.42 bits per heavy atom. The standard InChI is InChI=1S/C7H10ClO4/c1-6(9)11-4-2-7(10)12-5-3-8/h1-5H2. The van der Waals surface area contributed by atoms with E-state index in [0.717, 1.165) is 0 Å². The predicted octanol–water partition coefficient (Wildman–Crippen LogP) is 0.536. The molecule has 0 aromatic carbocycles. The minimum absolute atomic E-state index is 0.00342. The van der Waals surface area contributed by atoms with Crippen molar-refractivity contribution < 1.29 is 19.1 Å². The van der Waals surface area contributed by atoms with Crippen LogP contribution in [0.1, 0.15) is 6.42 Å². The van der Waals surface area contributed by atoms with Crippen molar-refractivity contribution in [2.75, 3.05) is 19.1 Å². The van der Waals surface area contributed by atoms with E-state index >= 15 is 0 Å². The first-order chi connectivity index (χ1) is 5.66. The van der Waals surface area contributed by atoms with Crippen LogP contribution in [0.5, 0.6) is 0 Å². The zero-order valence-electron chi connectivity index (χ0n) is 6.55. The summed E-state index contributed by atoms with van der Waals surface area (Å²) in [6.45, 7) is 3.15. The molecule has 0 amide bonds. The minimum Gasteiger partial charge on any atom is -0.465 e. The summed E-state index contributed by atoms with van der Waals surface area (Å²) in [4.78, 5) is 20.8. The van der Waals surface area contributed by atoms with Gasteiger partial charge >= 0.3 is 11.9 Å². The molecule has 0 bridgehead atoms. The molecule has 0 aromatic rings. The molecule has 0 aliphatic rings. The zero-order valence-corrected chi connectivity index (χ0v) is 7.30. The Hall–Kier alpha value is -0.770. The van der Waals surface area contributed by atoms with E-state index in [1.54, 1.807) is 0 Å². The van der Waals surface area contributed by atoms with Crippen LogP contribution in [-0.2, 0) is 19.1 Å². The maximum Gasteiger partial charge on any atom is 0.309 e. The van der Waals surface area contributed by atoms with Gasteiger partial charge in [0, 0.05) is 0 Å². The molecule has 0 N–H and O–H groups in total. The van der Waals surface area contributed by atoms with Crippen LogP contribution in [0.4, 0.5) is 0 Å². The maximum atomic E-state index is 10.7. The van der Waals surface area contributed by atoms with Gasteiger partial charge in [0.1, 0.15) is 13.2 Å². The Morgan fingerprint density at radius 1 is 1.25 bits per heavy atom. The van der Waals surface area contributed by atoms with E-state index in [1.807, 2.05) is 0 Å². The first kappa shape index (κ1) is 11.2. The molecule has 0 saturated carbocycles. The molecule has 0 atom stereocenters. The number of rotatable bonds is 5. The van der Waals surface area contributed by atoms with Crippen LogP contribution < -0.4 is 0 Å². The largest absolute Gasteiger partial charge is 0.465 e. The molecule has 0 heterocycles. The molecule has 0 aromatic heterocycles. The van der Waals surface area contributed by atoms with E-state index in [4.69, 9.17) is 11.6 Å². The summed E-state index contributed by atoms with van der Waals surface area (Å²) in [5.41, 5.74) is 0. The molecule has 0 spiro atoms. The van der Waals surface area contributed by atoms with E-state index in [-0.39, 0.29) is 25.5 Å². The second kappa shape index (κ2) is 6.91. The fraction of sp³-hybridized carbons (Fsp3) is 0.571. The van der Waals surface area contributed by atoms with Gasteiger partial charge in [-0.2, -0.15) is 0 Å². The Morgan fingerprint density at radius 2 is 1.92 bits per heavy atom. The number of hydrogen-bond acceptors (Lipinski definition) is 4. The van der Waals surface area contributed by atoms with Crippen LogP contribution >= 0.6 is 11.6 Å². The molecule has 1 radical (unpaired) electrons. The van der Waals surface area contributed by atoms with Gasteiger partial charge in [0.25, 0.3) is 0 Å². The summed E-state index contributed by atoms with van der Waals surface area (Å²) >= 11 is 5.26. The van der Waals surface area contributed by atoms with Crippen LogP contribution in [0.2, 0.25) is 0 Å². The molecule has 0 unspecified atom stereocenters. The molecule has 5 heteroatoms. The smallest absolute Gasteiger partial charge is 0.309 e. The quantitative estimate of drug-likeness (QED) is 0.472. The van der Waals surface area contributed by atoms with Crippen LogP contribution in [0.25, 0.3) is 0 Å². The van der Waals surface area contributed by atoms with Gasteiger partial charge in [-0.3, -0.25) is 9.59 Å². The summed E-state index contributed by atoms with van der Waals surface area (Å²) in [5, 5.41) is 0. The third-order valence-electron chi connectivity index (χ3n) is 0.909. The van der Waals surface area contributed by atoms with Gasteiger partial charge < -0.3 is 9.47 Å². The van der Waals surface area contributed by atoms with Crippen molar-refractivity contribution in [2.45, 2.75) is 6.42 Å². The topological polar surface area (TPSA) is 52.6 Å². The molecule has 0 aliphatic carbocycles. The van der Waals surface area contributed by atoms with Gasteiger partial charge in [-0.25, -0.2) is 0 Å². The Labute approximate surface area is 75.8 Å². The van der Waals surface area contributed by atoms with E-state index < -0.39 is 11.9 Å². The number of alkyl halides is 1. The summed E-state index contributed by atoms with van der Waals surface area (Å²) in [5.74, 6) is -0.821. The second-order valence-corrected chi connectivity index (χ2v) is 2.26. The lowest BCUT2D eigenvalue weighted by atomic mass is 10.5. The summed E-state index contributed by atoms with van der Waals surface area (Å²) < 4.78 is 9.00. The number of esters is 2. The number of halogens is 1. The monoisotopic (exact) mass is 193 g/mol. The van der Waals surface area contributed by atoms with E-state index in [1.165, 1.54) is 0 Å². The van der Waals surface area contributed by atoms with Crippen molar-refractivity contribution in [3.05, 3.63) is 6.92 Å². The molecule has 0 saturated heterocycles. The lowest BCUT2D eigenvalue weighted by Crippen LogP contribution is -2.11. The van der Waals surface area contributed by atoms with Gasteiger partial charge in [0.15, 0.2) is 0 Å². The molecule has 0 aliphatic heterocycles. The van der Waals surface area contributed by atoms with Crippen molar-refractivity contribution >= 4 is 23.5 Å². The SMILES string of the molecule is [CH2]C(=O)OCCC(=O)OCCCl. The van der Waals surface area contributed by atoms with Crippen LogP contribution in [0.3, 0.4) is 0 Å². The maximum absolute atomic E-state index is 10.7. The van der Waals surface area contributed by atoms with Crippen LogP contribution in [-0.4, -0.2) is 31.0 Å². The van der Waals surface area contributed by atoms with Crippen molar-refractivity contribution in [3.63, 3.8) is 0 Å². The van der Waals surface area contributed by atoms with Crippen molar-refractivity contribution in [1.82, 2.24) is 0 Å². The van der Waals surface area contributed by atoms with Gasteiger partial charge in [-0.05, 0) is 0 Å². The highest BCUT2D eigenvalue weighted by atomic mass is 35.5. The summed E-state index contributed by atoms with van der Waals surface area (Å²) in [6.07, 6.45) is 0.0398.